The summed E-state index contributed by atoms with van der Waals surface area (Å²) >= 11 is 7.20. The number of amides is 1. The van der Waals surface area contributed by atoms with Crippen molar-refractivity contribution in [1.82, 2.24) is 9.88 Å². The van der Waals surface area contributed by atoms with Crippen LogP contribution in [0.2, 0.25) is 5.15 Å². The standard InChI is InChI=1S/C16H11ClN4O3S/c1-20-15(22)13(9-10-4-6-11(7-5-10)21(23)24)25-16(20)19-12-3-2-8-18-14(12)17/h2-9H,1H3/b13-9-,19-16?. The van der Waals surface area contributed by atoms with Crippen LogP contribution in [-0.2, 0) is 4.79 Å². The molecule has 0 N–H and O–H groups in total. The van der Waals surface area contributed by atoms with Crippen LogP contribution in [0.1, 0.15) is 5.56 Å². The first-order chi connectivity index (χ1) is 12.0. The van der Waals surface area contributed by atoms with Crippen LogP contribution in [0.15, 0.2) is 52.5 Å². The van der Waals surface area contributed by atoms with Gasteiger partial charge in [-0.15, -0.1) is 0 Å². The molecule has 0 saturated carbocycles. The van der Waals surface area contributed by atoms with Gasteiger partial charge in [0.25, 0.3) is 11.6 Å². The van der Waals surface area contributed by atoms with Crippen LogP contribution in [0.5, 0.6) is 0 Å². The van der Waals surface area contributed by atoms with E-state index in [0.717, 1.165) is 0 Å². The highest BCUT2D eigenvalue weighted by Gasteiger charge is 2.30. The average Bonchev–Trinajstić information content (AvgIpc) is 2.85. The van der Waals surface area contributed by atoms with Gasteiger partial charge in [0.1, 0.15) is 5.69 Å². The number of pyridine rings is 1. The number of thioether (sulfide) groups is 1. The van der Waals surface area contributed by atoms with E-state index in [1.807, 2.05) is 0 Å². The van der Waals surface area contributed by atoms with Crippen LogP contribution in [0.3, 0.4) is 0 Å². The summed E-state index contributed by atoms with van der Waals surface area (Å²) in [6.07, 6.45) is 3.23. The summed E-state index contributed by atoms with van der Waals surface area (Å²) in [6.45, 7) is 0. The van der Waals surface area contributed by atoms with Crippen LogP contribution in [-0.4, -0.2) is 32.9 Å². The second kappa shape index (κ2) is 7.04. The maximum Gasteiger partial charge on any atom is 0.269 e. The molecular weight excluding hydrogens is 364 g/mol. The van der Waals surface area contributed by atoms with Crippen molar-refractivity contribution in [2.75, 3.05) is 7.05 Å². The fourth-order valence-electron chi connectivity index (χ4n) is 2.06. The number of nitrogens with zero attached hydrogens (tertiary/aromatic N) is 4. The second-order valence-corrected chi connectivity index (χ2v) is 6.40. The lowest BCUT2D eigenvalue weighted by molar-refractivity contribution is -0.384. The van der Waals surface area contributed by atoms with E-state index in [4.69, 9.17) is 11.6 Å². The van der Waals surface area contributed by atoms with Crippen LogP contribution < -0.4 is 0 Å². The molecule has 0 spiro atoms. The SMILES string of the molecule is CN1C(=O)/C(=C/c2ccc([N+](=O)[O-])cc2)SC1=Nc1cccnc1Cl. The molecule has 0 radical (unpaired) electrons. The maximum absolute atomic E-state index is 12.4. The molecule has 9 heteroatoms. The van der Waals surface area contributed by atoms with E-state index in [1.54, 1.807) is 43.6 Å². The van der Waals surface area contributed by atoms with E-state index in [0.29, 0.717) is 21.3 Å². The fourth-order valence-corrected chi connectivity index (χ4v) is 3.20. The van der Waals surface area contributed by atoms with Gasteiger partial charge in [-0.25, -0.2) is 9.98 Å². The zero-order valence-electron chi connectivity index (χ0n) is 12.9. The van der Waals surface area contributed by atoms with Gasteiger partial charge in [0, 0.05) is 25.4 Å². The number of amidine groups is 1. The van der Waals surface area contributed by atoms with Crippen molar-refractivity contribution in [2.24, 2.45) is 4.99 Å². The summed E-state index contributed by atoms with van der Waals surface area (Å²) in [6, 6.07) is 9.38. The van der Waals surface area contributed by atoms with Crippen molar-refractivity contribution >= 4 is 51.9 Å². The molecule has 25 heavy (non-hydrogen) atoms. The van der Waals surface area contributed by atoms with Crippen LogP contribution in [0.25, 0.3) is 6.08 Å². The van der Waals surface area contributed by atoms with Gasteiger partial charge in [-0.05, 0) is 47.7 Å². The molecule has 126 valence electrons. The lowest BCUT2D eigenvalue weighted by Crippen LogP contribution is -2.23. The highest BCUT2D eigenvalue weighted by atomic mass is 35.5. The normalized spacial score (nSPS) is 17.5. The molecule has 1 aliphatic rings. The quantitative estimate of drug-likeness (QED) is 0.352. The van der Waals surface area contributed by atoms with Crippen molar-refractivity contribution in [3.05, 3.63) is 68.3 Å². The number of aromatic nitrogens is 1. The molecule has 2 heterocycles. The average molecular weight is 375 g/mol. The van der Waals surface area contributed by atoms with E-state index < -0.39 is 4.92 Å². The fraction of sp³-hybridized carbons (Fsp3) is 0.0625. The Bertz CT molecular complexity index is 912. The first kappa shape index (κ1) is 17.1. The van der Waals surface area contributed by atoms with Gasteiger partial charge in [0.2, 0.25) is 0 Å². The third kappa shape index (κ3) is 3.70. The molecule has 0 unspecified atom stereocenters. The minimum absolute atomic E-state index is 0.00172. The Labute approximate surface area is 152 Å². The summed E-state index contributed by atoms with van der Waals surface area (Å²) < 4.78 is 0. The Morgan fingerprint density at radius 3 is 2.68 bits per heavy atom. The zero-order valence-corrected chi connectivity index (χ0v) is 14.5. The van der Waals surface area contributed by atoms with Crippen LogP contribution in [0.4, 0.5) is 11.4 Å². The van der Waals surface area contributed by atoms with Gasteiger partial charge in [0.15, 0.2) is 10.3 Å². The number of halogens is 1. The summed E-state index contributed by atoms with van der Waals surface area (Å²) in [5.41, 5.74) is 1.16. The molecule has 0 atom stereocenters. The highest BCUT2D eigenvalue weighted by Crippen LogP contribution is 2.34. The summed E-state index contributed by atoms with van der Waals surface area (Å²) in [5, 5.41) is 11.4. The number of likely N-dealkylation sites (N-methyl/N-ethyl adjacent to an activating group) is 1. The molecule has 7 nitrogen and oxygen atoms in total. The van der Waals surface area contributed by atoms with Crippen molar-refractivity contribution in [3.8, 4) is 0 Å². The largest absolute Gasteiger partial charge is 0.290 e. The van der Waals surface area contributed by atoms with Gasteiger partial charge >= 0.3 is 0 Å². The monoisotopic (exact) mass is 374 g/mol. The molecule has 3 rings (SSSR count). The summed E-state index contributed by atoms with van der Waals surface area (Å²) in [7, 11) is 1.62. The van der Waals surface area contributed by atoms with Gasteiger partial charge in [-0.1, -0.05) is 11.6 Å². The molecule has 1 aliphatic heterocycles. The van der Waals surface area contributed by atoms with E-state index in [-0.39, 0.29) is 16.7 Å². The topological polar surface area (TPSA) is 88.7 Å². The number of benzene rings is 1. The first-order valence-electron chi connectivity index (χ1n) is 7.07. The Morgan fingerprint density at radius 2 is 2.04 bits per heavy atom. The number of nitro benzene ring substituents is 1. The number of hydrogen-bond donors (Lipinski definition) is 0. The molecule has 1 aromatic carbocycles. The number of carbonyl (C=O) groups excluding carboxylic acids is 1. The van der Waals surface area contributed by atoms with Crippen molar-refractivity contribution in [2.45, 2.75) is 0 Å². The third-order valence-electron chi connectivity index (χ3n) is 3.36. The van der Waals surface area contributed by atoms with E-state index in [2.05, 4.69) is 9.98 Å². The minimum atomic E-state index is -0.470. The smallest absolute Gasteiger partial charge is 0.269 e. The van der Waals surface area contributed by atoms with Crippen molar-refractivity contribution < 1.29 is 9.72 Å². The van der Waals surface area contributed by atoms with Crippen LogP contribution in [0, 0.1) is 10.1 Å². The Kier molecular flexibility index (Phi) is 4.82. The molecular formula is C16H11ClN4O3S. The number of hydrogen-bond acceptors (Lipinski definition) is 6. The van der Waals surface area contributed by atoms with Crippen LogP contribution >= 0.6 is 23.4 Å². The molecule has 2 aromatic rings. The highest BCUT2D eigenvalue weighted by molar-refractivity contribution is 8.18. The molecule has 1 amide bonds. The Hall–Kier alpha value is -2.71. The molecule has 1 saturated heterocycles. The van der Waals surface area contributed by atoms with E-state index in [9.17, 15) is 14.9 Å². The van der Waals surface area contributed by atoms with Crippen molar-refractivity contribution in [3.63, 3.8) is 0 Å². The summed E-state index contributed by atoms with van der Waals surface area (Å²) in [5.74, 6) is -0.206. The molecule has 1 fully saturated rings. The van der Waals surface area contributed by atoms with Gasteiger partial charge < -0.3 is 0 Å². The number of nitro groups is 1. The molecule has 0 bridgehead atoms. The summed E-state index contributed by atoms with van der Waals surface area (Å²) in [4.78, 5) is 32.8. The van der Waals surface area contributed by atoms with Gasteiger partial charge in [-0.3, -0.25) is 19.8 Å². The maximum atomic E-state index is 12.4. The Morgan fingerprint density at radius 1 is 1.32 bits per heavy atom. The van der Waals surface area contributed by atoms with Gasteiger partial charge in [0.05, 0.1) is 9.83 Å². The Balaban J connectivity index is 1.88. The molecule has 1 aromatic heterocycles. The lowest BCUT2D eigenvalue weighted by Gasteiger charge is -2.07. The predicted octanol–water partition coefficient (Wildman–Crippen LogP) is 3.88. The number of aliphatic imine (C=N–C) groups is 1. The number of rotatable bonds is 3. The second-order valence-electron chi connectivity index (χ2n) is 5.03. The zero-order chi connectivity index (χ0) is 18.0. The number of non-ortho nitro benzene ring substituents is 1. The van der Waals surface area contributed by atoms with E-state index >= 15 is 0 Å². The first-order valence-corrected chi connectivity index (χ1v) is 8.26. The van der Waals surface area contributed by atoms with Crippen molar-refractivity contribution in [1.29, 1.82) is 0 Å². The number of carbonyl (C=O) groups is 1. The minimum Gasteiger partial charge on any atom is -0.290 e. The van der Waals surface area contributed by atoms with Gasteiger partial charge in [-0.2, -0.15) is 0 Å². The third-order valence-corrected chi connectivity index (χ3v) is 4.71. The molecule has 0 aliphatic carbocycles. The predicted molar refractivity (Wildman–Crippen MR) is 97.8 cm³/mol. The van der Waals surface area contributed by atoms with E-state index in [1.165, 1.54) is 28.8 Å². The lowest BCUT2D eigenvalue weighted by atomic mass is 10.2.